The fourth-order valence-corrected chi connectivity index (χ4v) is 14.8. The van der Waals surface area contributed by atoms with Gasteiger partial charge in [-0.15, -0.1) is 16.4 Å². The molecule has 4 N–H and O–H groups in total. The summed E-state index contributed by atoms with van der Waals surface area (Å²) in [5.74, 6) is -0.749. The Morgan fingerprint density at radius 3 is 2.38 bits per heavy atom. The third-order valence-electron chi connectivity index (χ3n) is 18.7. The van der Waals surface area contributed by atoms with Crippen LogP contribution in [0.5, 0.6) is 11.8 Å². The van der Waals surface area contributed by atoms with E-state index < -0.39 is 35.4 Å². The molecule has 1 aliphatic carbocycles. The number of aromatic hydroxyl groups is 1. The molecule has 0 unspecified atom stereocenters. The number of pyridine rings is 1. The zero-order chi connectivity index (χ0) is 61.3. The van der Waals surface area contributed by atoms with Crippen molar-refractivity contribution < 1.29 is 38.4 Å². The molecule has 23 heteroatoms. The number of piperidine rings is 1. The van der Waals surface area contributed by atoms with Crippen molar-refractivity contribution >= 4 is 50.6 Å². The average molecular weight is 1220 g/mol. The van der Waals surface area contributed by atoms with Crippen LogP contribution >= 0.6 is 11.3 Å². The summed E-state index contributed by atoms with van der Waals surface area (Å²) >= 11 is 1.58. The number of benzene rings is 3. The standard InChI is InChI=1S/C65H74F2N14O6S/c1-7-47-50(66)14-13-41-19-45(82)20-48(54(41)47)56-55(67)57-49(23-70-56)60(79-18-8-15-64(6,86)32-79)74-63(73-57)87-34-65(16-17-65)33-78-27-42-25-77(26-43(42)28-78)29-44-22-69-51(24-68-44)52-31-81(76-75-52)58(36(2)3)62(85)80-30-46(83)21-53(80)61(84)72-37(4)39-9-11-40(12-10-39)59-38(5)71-35-88-59/h9-14,19-20,22-24,31,35-37,42-43,46,53,58,82-83,86H,7-8,15-18,21,25-30,32-34H2,1-6H3,(H,72,84)/t37-,42-,43+,46+,53-,58-,64+/m0/s1. The predicted molar refractivity (Wildman–Crippen MR) is 329 cm³/mol. The zero-order valence-corrected chi connectivity index (χ0v) is 51.2. The fraction of sp³-hybridized carbons (Fsp3) is 0.477. The van der Waals surface area contributed by atoms with Crippen molar-refractivity contribution in [3.63, 3.8) is 0 Å². The number of hydrogen-bond acceptors (Lipinski definition) is 18. The lowest BCUT2D eigenvalue weighted by molar-refractivity contribution is -0.142. The number of aliphatic hydroxyl groups is 2. The molecular formula is C65H74F2N14O6S. The number of nitrogens with one attached hydrogen (secondary N) is 1. The van der Waals surface area contributed by atoms with E-state index in [1.807, 2.05) is 69.3 Å². The highest BCUT2D eigenvalue weighted by Crippen LogP contribution is 2.48. The van der Waals surface area contributed by atoms with Crippen molar-refractivity contribution in [1.82, 2.24) is 64.9 Å². The molecule has 5 fully saturated rings. The number of phenols is 1. The molecule has 13 rings (SSSR count). The highest BCUT2D eigenvalue weighted by Gasteiger charge is 2.49. The van der Waals surface area contributed by atoms with Gasteiger partial charge in [-0.3, -0.25) is 29.4 Å². The lowest BCUT2D eigenvalue weighted by Gasteiger charge is -2.37. The predicted octanol–water partition coefficient (Wildman–Crippen LogP) is 8.48. The van der Waals surface area contributed by atoms with Crippen LogP contribution in [0.25, 0.3) is 54.8 Å². The van der Waals surface area contributed by atoms with Gasteiger partial charge in [0.25, 0.3) is 0 Å². The first-order chi connectivity index (χ1) is 42.3. The van der Waals surface area contributed by atoms with Crippen molar-refractivity contribution in [2.45, 2.75) is 116 Å². The SMILES string of the molecule is CCc1c(F)ccc2cc(O)cc(-c3ncc4c(N5CCC[C@@](C)(O)C5)nc(OCC5(CN6C[C@H]7CN(Cc8cnc(-c9cn([C@H](C(=O)N%10C[C@H](O)C[C@H]%10C(=O)N[C@@H](C)c%10ccc(-c%11scnc%11C)cc%10)C(C)C)nn9)cn8)C[C@H]7C6)CC5)nc4c3F)c12. The summed E-state index contributed by atoms with van der Waals surface area (Å²) in [6, 6.07) is 11.9. The van der Waals surface area contributed by atoms with Crippen LogP contribution in [-0.4, -0.2) is 163 Å². The number of likely N-dealkylation sites (tertiary alicyclic amines) is 3. The molecule has 460 valence electrons. The first-order valence-electron chi connectivity index (χ1n) is 30.7. The molecule has 4 saturated heterocycles. The lowest BCUT2D eigenvalue weighted by atomic mass is 9.94. The van der Waals surface area contributed by atoms with Gasteiger partial charge in [0.2, 0.25) is 11.8 Å². The number of halogens is 2. The van der Waals surface area contributed by atoms with E-state index >= 15 is 8.78 Å². The third kappa shape index (κ3) is 11.8. The smallest absolute Gasteiger partial charge is 0.319 e. The third-order valence-corrected chi connectivity index (χ3v) is 19.7. The molecule has 4 aliphatic heterocycles. The van der Waals surface area contributed by atoms with Crippen LogP contribution in [-0.2, 0) is 22.6 Å². The molecule has 0 bridgehead atoms. The normalized spacial score (nSPS) is 22.7. The molecule has 20 nitrogen and oxygen atoms in total. The Labute approximate surface area is 513 Å². The Morgan fingerprint density at radius 1 is 0.909 bits per heavy atom. The van der Waals surface area contributed by atoms with E-state index in [1.165, 1.54) is 34.0 Å². The molecule has 0 spiro atoms. The molecule has 0 radical (unpaired) electrons. The van der Waals surface area contributed by atoms with Crippen LogP contribution in [0.4, 0.5) is 14.6 Å². The monoisotopic (exact) mass is 1220 g/mol. The Kier molecular flexibility index (Phi) is 15.9. The molecule has 88 heavy (non-hydrogen) atoms. The summed E-state index contributed by atoms with van der Waals surface area (Å²) in [5, 5.41) is 46.1. The Bertz CT molecular complexity index is 3920. The number of phenolic OH excluding ortho intramolecular Hbond substituents is 1. The molecule has 5 aliphatic rings. The number of rotatable bonds is 18. The van der Waals surface area contributed by atoms with Gasteiger partial charge in [-0.25, -0.2) is 18.4 Å². The summed E-state index contributed by atoms with van der Waals surface area (Å²) in [6.45, 7) is 17.8. The van der Waals surface area contributed by atoms with Gasteiger partial charge in [-0.2, -0.15) is 9.97 Å². The number of fused-ring (bicyclic) bond motifs is 3. The van der Waals surface area contributed by atoms with E-state index in [2.05, 4.69) is 35.4 Å². The number of hydrogen-bond donors (Lipinski definition) is 4. The zero-order valence-electron chi connectivity index (χ0n) is 50.4. The number of aromatic nitrogens is 9. The van der Waals surface area contributed by atoms with Gasteiger partial charge < -0.3 is 40.1 Å². The van der Waals surface area contributed by atoms with Crippen LogP contribution < -0.4 is 15.0 Å². The topological polar surface area (TPSA) is 237 Å². The highest BCUT2D eigenvalue weighted by molar-refractivity contribution is 7.13. The lowest BCUT2D eigenvalue weighted by Crippen LogP contribution is -2.49. The van der Waals surface area contributed by atoms with Gasteiger partial charge in [0.15, 0.2) is 5.82 Å². The van der Waals surface area contributed by atoms with Crippen molar-refractivity contribution in [2.24, 2.45) is 23.2 Å². The largest absolute Gasteiger partial charge is 0.508 e. The first-order valence-corrected chi connectivity index (χ1v) is 31.6. The maximum atomic E-state index is 17.2. The van der Waals surface area contributed by atoms with Crippen LogP contribution in [0.2, 0.25) is 0 Å². The summed E-state index contributed by atoms with van der Waals surface area (Å²) in [5.41, 5.74) is 6.04. The van der Waals surface area contributed by atoms with Crippen LogP contribution in [0.1, 0.15) is 101 Å². The minimum Gasteiger partial charge on any atom is -0.508 e. The van der Waals surface area contributed by atoms with Gasteiger partial charge in [0.05, 0.1) is 70.1 Å². The minimum absolute atomic E-state index is 0.00817. The van der Waals surface area contributed by atoms with E-state index in [4.69, 9.17) is 24.7 Å². The molecule has 5 aromatic heterocycles. The van der Waals surface area contributed by atoms with E-state index in [9.17, 15) is 24.9 Å². The Hall–Kier alpha value is -7.70. The van der Waals surface area contributed by atoms with E-state index in [1.54, 1.807) is 42.9 Å². The second-order valence-electron chi connectivity index (χ2n) is 25.9. The Morgan fingerprint density at radius 2 is 1.68 bits per heavy atom. The summed E-state index contributed by atoms with van der Waals surface area (Å²) in [6.07, 6.45) is 9.56. The number of amides is 2. The van der Waals surface area contributed by atoms with Gasteiger partial charge in [-0.1, -0.05) is 56.3 Å². The number of thiazole rings is 1. The number of ether oxygens (including phenoxy) is 1. The summed E-state index contributed by atoms with van der Waals surface area (Å²) in [4.78, 5) is 65.9. The Balaban J connectivity index is 0.627. The molecule has 7 atom stereocenters. The number of nitrogens with zero attached hydrogens (tertiary/aromatic N) is 13. The fourth-order valence-electron chi connectivity index (χ4n) is 14.0. The average Bonchev–Trinajstić information content (AvgIpc) is 1.30. The van der Waals surface area contributed by atoms with Crippen LogP contribution in [0, 0.1) is 41.7 Å². The summed E-state index contributed by atoms with van der Waals surface area (Å²) in [7, 11) is 0. The number of anilines is 1. The van der Waals surface area contributed by atoms with Crippen molar-refractivity contribution in [3.05, 3.63) is 113 Å². The van der Waals surface area contributed by atoms with Crippen LogP contribution in [0.15, 0.2) is 78.8 Å². The molecule has 1 saturated carbocycles. The minimum atomic E-state index is -0.988. The van der Waals surface area contributed by atoms with E-state index in [-0.39, 0.29) is 77.2 Å². The number of aliphatic hydroxyl groups excluding tert-OH is 1. The van der Waals surface area contributed by atoms with Crippen molar-refractivity contribution in [3.8, 4) is 44.8 Å². The quantitative estimate of drug-likeness (QED) is 0.0630. The molecule has 9 heterocycles. The summed E-state index contributed by atoms with van der Waals surface area (Å²) < 4.78 is 40.5. The van der Waals surface area contributed by atoms with E-state index in [0.29, 0.717) is 89.7 Å². The number of carbonyl (C=O) groups is 2. The number of carbonyl (C=O) groups excluding carboxylic acids is 2. The van der Waals surface area contributed by atoms with Gasteiger partial charge in [0.1, 0.15) is 52.1 Å². The van der Waals surface area contributed by atoms with Crippen LogP contribution in [0.3, 0.4) is 0 Å². The molecular weight excluding hydrogens is 1140 g/mol. The van der Waals surface area contributed by atoms with E-state index in [0.717, 1.165) is 73.0 Å². The van der Waals surface area contributed by atoms with Gasteiger partial charge in [-0.05, 0) is 116 Å². The van der Waals surface area contributed by atoms with Crippen molar-refractivity contribution in [1.29, 1.82) is 0 Å². The maximum absolute atomic E-state index is 17.2. The highest BCUT2D eigenvalue weighted by atomic mass is 32.1. The van der Waals surface area contributed by atoms with Crippen molar-refractivity contribution in [2.75, 3.05) is 63.9 Å². The number of aryl methyl sites for hydroxylation is 2. The maximum Gasteiger partial charge on any atom is 0.319 e. The van der Waals surface area contributed by atoms with Gasteiger partial charge >= 0.3 is 6.01 Å². The number of β-amino-alcohol motifs (C(OH)–C–C–N with tert-alkyl or cyclic N) is 2. The second-order valence-corrected chi connectivity index (χ2v) is 26.7. The van der Waals surface area contributed by atoms with Gasteiger partial charge in [0, 0.05) is 82.5 Å². The molecule has 2 amide bonds. The second kappa shape index (κ2) is 23.7. The molecule has 3 aromatic carbocycles. The molecule has 8 aromatic rings. The first kappa shape index (κ1) is 59.3.